The zero-order chi connectivity index (χ0) is 13.4. The number of nitrogens with zero attached hydrogens (tertiary/aromatic N) is 1. The third kappa shape index (κ3) is 2.01. The number of halogens is 1. The Morgan fingerprint density at radius 1 is 1.16 bits per heavy atom. The minimum Gasteiger partial charge on any atom is -0.392 e. The normalized spacial score (nSPS) is 13.8. The van der Waals surface area contributed by atoms with Gasteiger partial charge in [0.2, 0.25) is 0 Å². The highest BCUT2D eigenvalue weighted by atomic mass is 35.5. The number of carbonyl (C=O) groups is 1. The van der Waals surface area contributed by atoms with Gasteiger partial charge in [-0.25, -0.2) is 0 Å². The van der Waals surface area contributed by atoms with E-state index in [2.05, 4.69) is 0 Å². The molecule has 0 fully saturated rings. The smallest absolute Gasteiger partial charge is 0.258 e. The summed E-state index contributed by atoms with van der Waals surface area (Å²) in [4.78, 5) is 14.1. The van der Waals surface area contributed by atoms with E-state index in [1.165, 1.54) is 0 Å². The SMILES string of the molecule is O=C1c2cccc(CO)c2CN1c1ccc(Cl)cc1. The highest BCUT2D eigenvalue weighted by Crippen LogP contribution is 2.31. The van der Waals surface area contributed by atoms with Crippen molar-refractivity contribution in [2.75, 3.05) is 4.90 Å². The standard InChI is InChI=1S/C15H12ClNO2/c16-11-4-6-12(7-5-11)17-8-14-10(9-18)2-1-3-13(14)15(17)19/h1-7,18H,8-9H2. The van der Waals surface area contributed by atoms with E-state index >= 15 is 0 Å². The number of benzene rings is 2. The van der Waals surface area contributed by atoms with Crippen LogP contribution in [0.5, 0.6) is 0 Å². The topological polar surface area (TPSA) is 40.5 Å². The van der Waals surface area contributed by atoms with Gasteiger partial charge in [0.1, 0.15) is 0 Å². The van der Waals surface area contributed by atoms with E-state index in [1.54, 1.807) is 29.2 Å². The lowest BCUT2D eigenvalue weighted by Gasteiger charge is -2.15. The van der Waals surface area contributed by atoms with E-state index < -0.39 is 0 Å². The highest BCUT2D eigenvalue weighted by Gasteiger charge is 2.29. The molecule has 0 atom stereocenters. The van der Waals surface area contributed by atoms with Gasteiger partial charge < -0.3 is 10.0 Å². The Labute approximate surface area is 116 Å². The molecule has 0 spiro atoms. The van der Waals surface area contributed by atoms with Crippen molar-refractivity contribution in [1.29, 1.82) is 0 Å². The first kappa shape index (κ1) is 12.2. The van der Waals surface area contributed by atoms with Gasteiger partial charge in [-0.2, -0.15) is 0 Å². The van der Waals surface area contributed by atoms with Crippen molar-refractivity contribution in [3.63, 3.8) is 0 Å². The van der Waals surface area contributed by atoms with Crippen molar-refractivity contribution < 1.29 is 9.90 Å². The van der Waals surface area contributed by atoms with Crippen LogP contribution in [0.2, 0.25) is 5.02 Å². The molecule has 0 saturated carbocycles. The van der Waals surface area contributed by atoms with Crippen molar-refractivity contribution in [1.82, 2.24) is 0 Å². The average molecular weight is 274 g/mol. The van der Waals surface area contributed by atoms with Gasteiger partial charge in [-0.05, 0) is 41.5 Å². The molecule has 1 N–H and O–H groups in total. The van der Waals surface area contributed by atoms with E-state index in [-0.39, 0.29) is 12.5 Å². The lowest BCUT2D eigenvalue weighted by molar-refractivity contribution is 0.0996. The summed E-state index contributed by atoms with van der Waals surface area (Å²) in [7, 11) is 0. The van der Waals surface area contributed by atoms with Crippen LogP contribution < -0.4 is 4.90 Å². The van der Waals surface area contributed by atoms with Crippen LogP contribution in [0.15, 0.2) is 42.5 Å². The highest BCUT2D eigenvalue weighted by molar-refractivity contribution is 6.30. The van der Waals surface area contributed by atoms with Crippen molar-refractivity contribution in [3.8, 4) is 0 Å². The average Bonchev–Trinajstić information content (AvgIpc) is 2.77. The lowest BCUT2D eigenvalue weighted by atomic mass is 10.0. The predicted molar refractivity (Wildman–Crippen MR) is 74.3 cm³/mol. The number of aliphatic hydroxyl groups excluding tert-OH is 1. The molecule has 2 aromatic carbocycles. The summed E-state index contributed by atoms with van der Waals surface area (Å²) < 4.78 is 0. The molecule has 1 amide bonds. The zero-order valence-electron chi connectivity index (χ0n) is 10.1. The first-order valence-electron chi connectivity index (χ1n) is 6.00. The van der Waals surface area contributed by atoms with Gasteiger partial charge in [0, 0.05) is 16.3 Å². The van der Waals surface area contributed by atoms with Gasteiger partial charge in [0.05, 0.1) is 13.2 Å². The number of hydrogen-bond acceptors (Lipinski definition) is 2. The Hall–Kier alpha value is -1.84. The van der Waals surface area contributed by atoms with Crippen LogP contribution in [-0.4, -0.2) is 11.0 Å². The number of hydrogen-bond donors (Lipinski definition) is 1. The number of amides is 1. The van der Waals surface area contributed by atoms with Crippen molar-refractivity contribution in [3.05, 3.63) is 64.2 Å². The van der Waals surface area contributed by atoms with E-state index in [0.717, 1.165) is 16.8 Å². The molecule has 0 bridgehead atoms. The fourth-order valence-corrected chi connectivity index (χ4v) is 2.50. The quantitative estimate of drug-likeness (QED) is 0.914. The number of carbonyl (C=O) groups excluding carboxylic acids is 1. The van der Waals surface area contributed by atoms with E-state index in [0.29, 0.717) is 17.1 Å². The second-order valence-corrected chi connectivity index (χ2v) is 4.91. The summed E-state index contributed by atoms with van der Waals surface area (Å²) in [5.74, 6) is -0.0346. The van der Waals surface area contributed by atoms with E-state index in [1.807, 2.05) is 18.2 Å². The molecule has 0 aromatic heterocycles. The first-order valence-corrected chi connectivity index (χ1v) is 6.37. The van der Waals surface area contributed by atoms with Gasteiger partial charge in [0.25, 0.3) is 5.91 Å². The Balaban J connectivity index is 2.01. The second-order valence-electron chi connectivity index (χ2n) is 4.47. The van der Waals surface area contributed by atoms with E-state index in [4.69, 9.17) is 11.6 Å². The van der Waals surface area contributed by atoms with Crippen LogP contribution in [0.4, 0.5) is 5.69 Å². The van der Waals surface area contributed by atoms with Crippen molar-refractivity contribution in [2.24, 2.45) is 0 Å². The maximum absolute atomic E-state index is 12.4. The summed E-state index contributed by atoms with van der Waals surface area (Å²) in [5.41, 5.74) is 3.20. The minimum absolute atomic E-state index is 0.0346. The molecule has 1 aliphatic rings. The lowest BCUT2D eigenvalue weighted by Crippen LogP contribution is -2.22. The van der Waals surface area contributed by atoms with Gasteiger partial charge in [-0.15, -0.1) is 0 Å². The first-order chi connectivity index (χ1) is 9.20. The molecule has 1 aliphatic heterocycles. The monoisotopic (exact) mass is 273 g/mol. The minimum atomic E-state index is -0.0507. The molecule has 3 rings (SSSR count). The van der Waals surface area contributed by atoms with Crippen molar-refractivity contribution >= 4 is 23.2 Å². The van der Waals surface area contributed by atoms with Crippen molar-refractivity contribution in [2.45, 2.75) is 13.2 Å². The second kappa shape index (κ2) is 4.68. The molecule has 1 heterocycles. The maximum Gasteiger partial charge on any atom is 0.258 e. The van der Waals surface area contributed by atoms with Gasteiger partial charge in [-0.3, -0.25) is 4.79 Å². The maximum atomic E-state index is 12.4. The molecule has 0 radical (unpaired) electrons. The zero-order valence-corrected chi connectivity index (χ0v) is 10.9. The van der Waals surface area contributed by atoms with Gasteiger partial charge in [0.15, 0.2) is 0 Å². The summed E-state index contributed by atoms with van der Waals surface area (Å²) >= 11 is 5.86. The van der Waals surface area contributed by atoms with Gasteiger partial charge in [-0.1, -0.05) is 23.7 Å². The van der Waals surface area contributed by atoms with Crippen LogP contribution in [0, 0.1) is 0 Å². The molecule has 0 aliphatic carbocycles. The number of rotatable bonds is 2. The number of aliphatic hydroxyl groups is 1. The third-order valence-corrected chi connectivity index (χ3v) is 3.63. The summed E-state index contributed by atoms with van der Waals surface area (Å²) in [6.07, 6.45) is 0. The molecular weight excluding hydrogens is 262 g/mol. The third-order valence-electron chi connectivity index (χ3n) is 3.37. The van der Waals surface area contributed by atoms with Crippen LogP contribution in [0.1, 0.15) is 21.5 Å². The largest absolute Gasteiger partial charge is 0.392 e. The van der Waals surface area contributed by atoms with Crippen LogP contribution in [0.25, 0.3) is 0 Å². The fourth-order valence-electron chi connectivity index (χ4n) is 2.37. The Morgan fingerprint density at radius 2 is 1.89 bits per heavy atom. The Bertz CT molecular complexity index is 637. The van der Waals surface area contributed by atoms with Crippen LogP contribution >= 0.6 is 11.6 Å². The van der Waals surface area contributed by atoms with Crippen LogP contribution in [0.3, 0.4) is 0 Å². The number of fused-ring (bicyclic) bond motifs is 1. The Morgan fingerprint density at radius 3 is 2.58 bits per heavy atom. The molecule has 4 heteroatoms. The molecular formula is C15H12ClNO2. The molecule has 2 aromatic rings. The summed E-state index contributed by atoms with van der Waals surface area (Å²) in [6.45, 7) is 0.442. The molecule has 0 unspecified atom stereocenters. The summed E-state index contributed by atoms with van der Waals surface area (Å²) in [5, 5.41) is 9.98. The number of anilines is 1. The Kier molecular flexibility index (Phi) is 3.01. The molecule has 19 heavy (non-hydrogen) atoms. The molecule has 3 nitrogen and oxygen atoms in total. The molecule has 96 valence electrons. The fraction of sp³-hybridized carbons (Fsp3) is 0.133. The van der Waals surface area contributed by atoms with E-state index in [9.17, 15) is 9.90 Å². The molecule has 0 saturated heterocycles. The predicted octanol–water partition coefficient (Wildman–Crippen LogP) is 2.99. The van der Waals surface area contributed by atoms with Crippen LogP contribution in [-0.2, 0) is 13.2 Å². The summed E-state index contributed by atoms with van der Waals surface area (Å²) in [6, 6.07) is 12.6. The van der Waals surface area contributed by atoms with Gasteiger partial charge >= 0.3 is 0 Å².